The van der Waals surface area contributed by atoms with Gasteiger partial charge >= 0.3 is 5.97 Å². The summed E-state index contributed by atoms with van der Waals surface area (Å²) in [5.41, 5.74) is 5.56. The van der Waals surface area contributed by atoms with Gasteiger partial charge in [-0.05, 0) is 6.07 Å². The number of hydrogen-bond donors (Lipinski definition) is 2. The van der Waals surface area contributed by atoms with Crippen LogP contribution in [0.15, 0.2) is 29.2 Å². The summed E-state index contributed by atoms with van der Waals surface area (Å²) in [7, 11) is 0. The van der Waals surface area contributed by atoms with Crippen molar-refractivity contribution in [1.82, 2.24) is 19.6 Å². The molecule has 0 saturated heterocycles. The summed E-state index contributed by atoms with van der Waals surface area (Å²) >= 11 is 0. The molecule has 0 radical (unpaired) electrons. The Kier molecular flexibility index (Phi) is 3.71. The second-order valence-electron chi connectivity index (χ2n) is 3.85. The van der Waals surface area contributed by atoms with Crippen LogP contribution in [0.4, 0.5) is 0 Å². The van der Waals surface area contributed by atoms with E-state index in [-0.39, 0.29) is 17.8 Å². The normalized spacial score (nSPS) is 10.6. The van der Waals surface area contributed by atoms with E-state index in [1.165, 1.54) is 15.3 Å². The predicted molar refractivity (Wildman–Crippen MR) is 65.6 cm³/mol. The largest absolute Gasteiger partial charge is 0.476 e. The summed E-state index contributed by atoms with van der Waals surface area (Å²) in [5.74, 6) is -1.16. The Morgan fingerprint density at radius 2 is 2.16 bits per heavy atom. The average Bonchev–Trinajstić information content (AvgIpc) is 2.81. The van der Waals surface area contributed by atoms with E-state index in [9.17, 15) is 9.59 Å². The van der Waals surface area contributed by atoms with E-state index in [0.717, 1.165) is 0 Å². The Bertz CT molecular complexity index is 646. The molecule has 0 aliphatic rings. The van der Waals surface area contributed by atoms with E-state index in [1.54, 1.807) is 18.3 Å². The van der Waals surface area contributed by atoms with E-state index in [2.05, 4.69) is 10.3 Å². The van der Waals surface area contributed by atoms with Gasteiger partial charge in [-0.1, -0.05) is 11.3 Å². The fourth-order valence-corrected chi connectivity index (χ4v) is 1.73. The molecule has 0 aliphatic heterocycles. The lowest BCUT2D eigenvalue weighted by Crippen LogP contribution is -2.22. The number of aromatic nitrogens is 4. The molecule has 0 bridgehead atoms. The van der Waals surface area contributed by atoms with Gasteiger partial charge < -0.3 is 15.4 Å². The summed E-state index contributed by atoms with van der Waals surface area (Å²) in [5, 5.41) is 16.2. The molecule has 100 valence electrons. The predicted octanol–water partition coefficient (Wildman–Crippen LogP) is -0.703. The summed E-state index contributed by atoms with van der Waals surface area (Å²) in [6.07, 6.45) is 1.65. The molecule has 2 rings (SSSR count). The number of nitrogens with zero attached hydrogens (tertiary/aromatic N) is 4. The van der Waals surface area contributed by atoms with Crippen LogP contribution >= 0.6 is 0 Å². The Balaban J connectivity index is 2.19. The van der Waals surface area contributed by atoms with Crippen molar-refractivity contribution in [2.45, 2.75) is 19.6 Å². The quantitative estimate of drug-likeness (QED) is 0.736. The highest BCUT2D eigenvalue weighted by atomic mass is 16.4. The summed E-state index contributed by atoms with van der Waals surface area (Å²) in [4.78, 5) is 22.4. The number of aryl methyl sites for hydroxylation is 2. The maximum atomic E-state index is 11.5. The van der Waals surface area contributed by atoms with Crippen molar-refractivity contribution in [3.63, 3.8) is 0 Å². The van der Waals surface area contributed by atoms with Gasteiger partial charge in [0.05, 0.1) is 12.2 Å². The number of rotatable bonds is 5. The zero-order valence-electron chi connectivity index (χ0n) is 10.1. The van der Waals surface area contributed by atoms with Gasteiger partial charge in [-0.3, -0.25) is 4.79 Å². The number of nitrogens with two attached hydrogens (primary N) is 1. The van der Waals surface area contributed by atoms with Crippen LogP contribution < -0.4 is 11.3 Å². The lowest BCUT2D eigenvalue weighted by atomic mass is 10.3. The molecule has 3 N–H and O–H groups in total. The second-order valence-corrected chi connectivity index (χ2v) is 3.85. The van der Waals surface area contributed by atoms with Crippen molar-refractivity contribution in [3.05, 3.63) is 46.1 Å². The maximum absolute atomic E-state index is 11.5. The van der Waals surface area contributed by atoms with Crippen molar-refractivity contribution in [1.29, 1.82) is 0 Å². The van der Waals surface area contributed by atoms with Crippen LogP contribution in [0.5, 0.6) is 0 Å². The Morgan fingerprint density at radius 3 is 2.79 bits per heavy atom. The van der Waals surface area contributed by atoms with Crippen molar-refractivity contribution in [2.75, 3.05) is 0 Å². The lowest BCUT2D eigenvalue weighted by Gasteiger charge is -2.07. The molecule has 2 heterocycles. The first-order chi connectivity index (χ1) is 9.13. The molecule has 0 spiro atoms. The highest BCUT2D eigenvalue weighted by molar-refractivity contribution is 5.86. The van der Waals surface area contributed by atoms with Crippen molar-refractivity contribution >= 4 is 5.97 Å². The molecule has 8 heteroatoms. The van der Waals surface area contributed by atoms with Gasteiger partial charge in [-0.2, -0.15) is 0 Å². The van der Waals surface area contributed by atoms with Gasteiger partial charge in [-0.25, -0.2) is 9.48 Å². The monoisotopic (exact) mass is 263 g/mol. The van der Waals surface area contributed by atoms with Crippen LogP contribution in [0.1, 0.15) is 16.2 Å². The first-order valence-electron chi connectivity index (χ1n) is 5.64. The van der Waals surface area contributed by atoms with E-state index in [0.29, 0.717) is 18.8 Å². The van der Waals surface area contributed by atoms with Crippen molar-refractivity contribution in [2.24, 2.45) is 5.73 Å². The number of aromatic carboxylic acids is 1. The molecule has 8 nitrogen and oxygen atoms in total. The number of carboxylic acids is 1. The van der Waals surface area contributed by atoms with Crippen LogP contribution in [-0.4, -0.2) is 30.6 Å². The molecule has 0 unspecified atom stereocenters. The van der Waals surface area contributed by atoms with Gasteiger partial charge in [0.2, 0.25) is 0 Å². The number of carbonyl (C=O) groups is 1. The Morgan fingerprint density at radius 1 is 1.37 bits per heavy atom. The molecule has 2 aromatic rings. The van der Waals surface area contributed by atoms with Crippen LogP contribution in [-0.2, 0) is 19.6 Å². The van der Waals surface area contributed by atoms with Crippen molar-refractivity contribution < 1.29 is 9.90 Å². The molecular formula is C11H13N5O3. The molecule has 0 amide bonds. The molecule has 0 aliphatic carbocycles. The first kappa shape index (κ1) is 13.0. The van der Waals surface area contributed by atoms with Gasteiger partial charge in [0.25, 0.3) is 5.56 Å². The van der Waals surface area contributed by atoms with Gasteiger partial charge in [0.1, 0.15) is 0 Å². The molecule has 0 aromatic carbocycles. The van der Waals surface area contributed by atoms with E-state index in [1.807, 2.05) is 0 Å². The van der Waals surface area contributed by atoms with Crippen LogP contribution in [0.2, 0.25) is 0 Å². The molecule has 0 saturated carbocycles. The standard InChI is InChI=1S/C11H13N5O3/c12-7-8-10(11(18)19)13-14-16(8)6-5-15-4-2-1-3-9(15)17/h1-4H,5-7,12H2,(H,18,19). The zero-order chi connectivity index (χ0) is 13.8. The molecule has 19 heavy (non-hydrogen) atoms. The summed E-state index contributed by atoms with van der Waals surface area (Å²) < 4.78 is 2.91. The third-order valence-corrected chi connectivity index (χ3v) is 2.69. The minimum atomic E-state index is -1.16. The number of carboxylic acid groups (broad SMARTS) is 1. The van der Waals surface area contributed by atoms with Gasteiger partial charge in [-0.15, -0.1) is 5.10 Å². The Labute approximate surface area is 108 Å². The number of hydrogen-bond acceptors (Lipinski definition) is 5. The average molecular weight is 263 g/mol. The zero-order valence-corrected chi connectivity index (χ0v) is 10.1. The highest BCUT2D eigenvalue weighted by Crippen LogP contribution is 2.04. The molecule has 2 aromatic heterocycles. The first-order valence-corrected chi connectivity index (χ1v) is 5.64. The molecule has 0 fully saturated rings. The van der Waals surface area contributed by atoms with Crippen LogP contribution in [0.3, 0.4) is 0 Å². The minimum Gasteiger partial charge on any atom is -0.476 e. The minimum absolute atomic E-state index is 0.0261. The molecule has 0 atom stereocenters. The fraction of sp³-hybridized carbons (Fsp3) is 0.273. The summed E-state index contributed by atoms with van der Waals surface area (Å²) in [6, 6.07) is 4.85. The van der Waals surface area contributed by atoms with E-state index >= 15 is 0 Å². The van der Waals surface area contributed by atoms with Gasteiger partial charge in [0.15, 0.2) is 5.69 Å². The summed E-state index contributed by atoms with van der Waals surface area (Å²) in [6.45, 7) is 0.726. The topological polar surface area (TPSA) is 116 Å². The highest BCUT2D eigenvalue weighted by Gasteiger charge is 2.17. The Hall–Kier alpha value is -2.48. The molecular weight excluding hydrogens is 250 g/mol. The third kappa shape index (κ3) is 2.68. The van der Waals surface area contributed by atoms with Crippen molar-refractivity contribution in [3.8, 4) is 0 Å². The SMILES string of the molecule is NCc1c(C(=O)O)nnn1CCn1ccccc1=O. The van der Waals surface area contributed by atoms with Crippen LogP contribution in [0, 0.1) is 0 Å². The maximum Gasteiger partial charge on any atom is 0.358 e. The van der Waals surface area contributed by atoms with E-state index in [4.69, 9.17) is 10.8 Å². The third-order valence-electron chi connectivity index (χ3n) is 2.69. The smallest absolute Gasteiger partial charge is 0.358 e. The fourth-order valence-electron chi connectivity index (χ4n) is 1.73. The van der Waals surface area contributed by atoms with Gasteiger partial charge in [0, 0.05) is 25.4 Å². The van der Waals surface area contributed by atoms with E-state index < -0.39 is 5.97 Å². The van der Waals surface area contributed by atoms with Crippen LogP contribution in [0.25, 0.3) is 0 Å². The second kappa shape index (κ2) is 5.44. The lowest BCUT2D eigenvalue weighted by molar-refractivity contribution is 0.0689. The number of pyridine rings is 1.